The summed E-state index contributed by atoms with van der Waals surface area (Å²) >= 11 is 6.77. The molecule has 2 aromatic carbocycles. The van der Waals surface area contributed by atoms with Crippen LogP contribution in [0.1, 0.15) is 5.56 Å². The number of amides is 1. The van der Waals surface area contributed by atoms with E-state index in [0.29, 0.717) is 10.5 Å². The second-order valence-corrected chi connectivity index (χ2v) is 6.89. The quantitative estimate of drug-likeness (QED) is 0.612. The number of hydrogen-bond donors (Lipinski definition) is 2. The Morgan fingerprint density at radius 3 is 2.63 bits per heavy atom. The molecule has 0 aliphatic heterocycles. The fourth-order valence-electron chi connectivity index (χ4n) is 2.52. The zero-order valence-electron chi connectivity index (χ0n) is 14.1. The van der Waals surface area contributed by atoms with Crippen molar-refractivity contribution < 1.29 is 13.6 Å². The zero-order chi connectivity index (χ0) is 19.6. The minimum absolute atomic E-state index is 0.181. The molecule has 0 aliphatic rings. The van der Waals surface area contributed by atoms with E-state index >= 15 is 0 Å². The van der Waals surface area contributed by atoms with Gasteiger partial charge in [-0.25, -0.2) is 0 Å². The van der Waals surface area contributed by atoms with E-state index in [1.54, 1.807) is 36.3 Å². The molecule has 3 aromatic rings. The third kappa shape index (κ3) is 4.13. The Hall–Kier alpha value is -2.42. The molecule has 140 valence electrons. The molecule has 9 heteroatoms. The molecule has 1 heterocycles. The van der Waals surface area contributed by atoms with Crippen LogP contribution in [0.25, 0.3) is 11.1 Å². The summed E-state index contributed by atoms with van der Waals surface area (Å²) in [7, 11) is 1.76. The molecule has 27 heavy (non-hydrogen) atoms. The third-order valence-electron chi connectivity index (χ3n) is 3.84. The number of alkyl halides is 2. The van der Waals surface area contributed by atoms with E-state index < -0.39 is 17.4 Å². The average Bonchev–Trinajstić information content (AvgIpc) is 3.08. The number of aromatic nitrogens is 2. The van der Waals surface area contributed by atoms with E-state index in [1.807, 2.05) is 0 Å². The SMILES string of the molecule is Cn1cc(-c2cc(NC(=O)C(F)(F)c3ccccc3Cl)cc(SN)c2)cn1. The van der Waals surface area contributed by atoms with Crippen molar-refractivity contribution in [2.24, 2.45) is 12.2 Å². The van der Waals surface area contributed by atoms with E-state index in [2.05, 4.69) is 10.4 Å². The molecule has 0 radical (unpaired) electrons. The van der Waals surface area contributed by atoms with Gasteiger partial charge in [-0.05, 0) is 41.8 Å². The number of nitrogens with two attached hydrogens (primary N) is 1. The molecule has 0 saturated carbocycles. The van der Waals surface area contributed by atoms with Gasteiger partial charge in [0.1, 0.15) is 0 Å². The Bertz CT molecular complexity index is 993. The Kier molecular flexibility index (Phi) is 5.50. The number of carbonyl (C=O) groups is 1. The summed E-state index contributed by atoms with van der Waals surface area (Å²) in [4.78, 5) is 12.9. The summed E-state index contributed by atoms with van der Waals surface area (Å²) in [5.41, 5.74) is 1.10. The van der Waals surface area contributed by atoms with Crippen molar-refractivity contribution in [3.05, 3.63) is 65.4 Å². The largest absolute Gasteiger partial charge is 0.351 e. The van der Waals surface area contributed by atoms with Gasteiger partial charge in [-0.15, -0.1) is 0 Å². The van der Waals surface area contributed by atoms with E-state index in [0.717, 1.165) is 23.6 Å². The lowest BCUT2D eigenvalue weighted by Crippen LogP contribution is -2.32. The molecule has 0 unspecified atom stereocenters. The fraction of sp³-hybridized carbons (Fsp3) is 0.111. The number of aryl methyl sites for hydroxylation is 1. The van der Waals surface area contributed by atoms with Crippen LogP contribution in [0.5, 0.6) is 0 Å². The summed E-state index contributed by atoms with van der Waals surface area (Å²) in [5.74, 6) is -5.27. The van der Waals surface area contributed by atoms with E-state index in [4.69, 9.17) is 16.7 Å². The fourth-order valence-corrected chi connectivity index (χ4v) is 3.17. The first-order valence-electron chi connectivity index (χ1n) is 7.76. The van der Waals surface area contributed by atoms with Gasteiger partial charge in [-0.3, -0.25) is 14.6 Å². The first-order valence-corrected chi connectivity index (χ1v) is 9.02. The molecule has 0 saturated heterocycles. The zero-order valence-corrected chi connectivity index (χ0v) is 15.7. The number of hydrogen-bond acceptors (Lipinski definition) is 4. The average molecular weight is 409 g/mol. The second kappa shape index (κ2) is 7.67. The molecular formula is C18H15ClF2N4OS. The molecule has 3 rings (SSSR count). The first-order chi connectivity index (χ1) is 12.8. The van der Waals surface area contributed by atoms with Crippen LogP contribution in [0.2, 0.25) is 5.02 Å². The van der Waals surface area contributed by atoms with Crippen molar-refractivity contribution in [3.63, 3.8) is 0 Å². The molecule has 1 amide bonds. The van der Waals surface area contributed by atoms with Gasteiger partial charge < -0.3 is 5.32 Å². The molecular weight excluding hydrogens is 394 g/mol. The van der Waals surface area contributed by atoms with Gasteiger partial charge in [0.25, 0.3) is 5.91 Å². The summed E-state index contributed by atoms with van der Waals surface area (Å²) < 4.78 is 30.7. The normalized spacial score (nSPS) is 11.4. The van der Waals surface area contributed by atoms with Crippen molar-refractivity contribution in [3.8, 4) is 11.1 Å². The number of carbonyl (C=O) groups excluding carboxylic acids is 1. The van der Waals surface area contributed by atoms with Crippen LogP contribution in [0, 0.1) is 0 Å². The van der Waals surface area contributed by atoms with Gasteiger partial charge in [0.2, 0.25) is 0 Å². The Balaban J connectivity index is 1.92. The standard InChI is InChI=1S/C18H15ClF2N4OS/c1-25-10-12(9-23-25)11-6-13(8-14(7-11)27-22)24-17(26)18(20,21)15-4-2-3-5-16(15)19/h2-10H,22H2,1H3,(H,24,26). The number of nitrogens with zero attached hydrogens (tertiary/aromatic N) is 2. The van der Waals surface area contributed by atoms with Crippen LogP contribution in [0.4, 0.5) is 14.5 Å². The molecule has 0 fully saturated rings. The minimum atomic E-state index is -3.79. The van der Waals surface area contributed by atoms with Crippen molar-refractivity contribution >= 4 is 35.1 Å². The van der Waals surface area contributed by atoms with Crippen LogP contribution >= 0.6 is 23.5 Å². The molecule has 5 nitrogen and oxygen atoms in total. The highest BCUT2D eigenvalue weighted by Gasteiger charge is 2.42. The Morgan fingerprint density at radius 2 is 2.00 bits per heavy atom. The molecule has 0 bridgehead atoms. The van der Waals surface area contributed by atoms with E-state index in [-0.39, 0.29) is 10.7 Å². The van der Waals surface area contributed by atoms with Gasteiger partial charge in [0.05, 0.1) is 11.2 Å². The first kappa shape index (κ1) is 19.3. The maximum atomic E-state index is 14.6. The molecule has 0 aliphatic carbocycles. The van der Waals surface area contributed by atoms with Crippen molar-refractivity contribution in [1.82, 2.24) is 9.78 Å². The van der Waals surface area contributed by atoms with E-state index in [9.17, 15) is 13.6 Å². The Labute approximate surface area is 163 Å². The van der Waals surface area contributed by atoms with Crippen molar-refractivity contribution in [1.29, 1.82) is 0 Å². The smallest absolute Gasteiger partial charge is 0.320 e. The van der Waals surface area contributed by atoms with Gasteiger partial charge in [-0.1, -0.05) is 29.8 Å². The van der Waals surface area contributed by atoms with Gasteiger partial charge in [0.15, 0.2) is 0 Å². The maximum Gasteiger partial charge on any atom is 0.351 e. The topological polar surface area (TPSA) is 72.9 Å². The predicted molar refractivity (Wildman–Crippen MR) is 103 cm³/mol. The van der Waals surface area contributed by atoms with Crippen molar-refractivity contribution in [2.75, 3.05) is 5.32 Å². The highest BCUT2D eigenvalue weighted by Crippen LogP contribution is 2.35. The number of nitrogens with one attached hydrogen (secondary N) is 1. The lowest BCUT2D eigenvalue weighted by atomic mass is 10.1. The minimum Gasteiger partial charge on any atom is -0.320 e. The summed E-state index contributed by atoms with van der Waals surface area (Å²) in [6.07, 6.45) is 3.40. The number of rotatable bonds is 5. The molecule has 0 atom stereocenters. The molecule has 3 N–H and O–H groups in total. The molecule has 0 spiro atoms. The maximum absolute atomic E-state index is 14.6. The lowest BCUT2D eigenvalue weighted by molar-refractivity contribution is -0.140. The van der Waals surface area contributed by atoms with Crippen LogP contribution in [0.15, 0.2) is 59.8 Å². The summed E-state index contributed by atoms with van der Waals surface area (Å²) in [5, 5.41) is 11.8. The highest BCUT2D eigenvalue weighted by molar-refractivity contribution is 7.97. The number of anilines is 1. The summed E-state index contributed by atoms with van der Waals surface area (Å²) in [6, 6.07) is 10.2. The third-order valence-corrected chi connectivity index (χ3v) is 4.67. The van der Waals surface area contributed by atoms with Crippen molar-refractivity contribution in [2.45, 2.75) is 10.8 Å². The van der Waals surface area contributed by atoms with Gasteiger partial charge >= 0.3 is 5.92 Å². The van der Waals surface area contributed by atoms with Crippen LogP contribution < -0.4 is 10.5 Å². The van der Waals surface area contributed by atoms with Crippen LogP contribution in [-0.4, -0.2) is 15.7 Å². The highest BCUT2D eigenvalue weighted by atomic mass is 35.5. The summed E-state index contributed by atoms with van der Waals surface area (Å²) in [6.45, 7) is 0. The lowest BCUT2D eigenvalue weighted by Gasteiger charge is -2.18. The predicted octanol–water partition coefficient (Wildman–Crippen LogP) is 4.44. The van der Waals surface area contributed by atoms with Gasteiger partial charge in [0, 0.05) is 35.0 Å². The monoisotopic (exact) mass is 408 g/mol. The molecule has 1 aromatic heterocycles. The number of benzene rings is 2. The van der Waals surface area contributed by atoms with Crippen LogP contribution in [-0.2, 0) is 17.8 Å². The Morgan fingerprint density at radius 1 is 1.26 bits per heavy atom. The van der Waals surface area contributed by atoms with Gasteiger partial charge in [-0.2, -0.15) is 13.9 Å². The van der Waals surface area contributed by atoms with E-state index in [1.165, 1.54) is 24.3 Å². The second-order valence-electron chi connectivity index (χ2n) is 5.77. The van der Waals surface area contributed by atoms with Crippen LogP contribution in [0.3, 0.4) is 0 Å². The number of halogens is 3.